The molecule has 1 amide bonds. The lowest BCUT2D eigenvalue weighted by atomic mass is 10.0. The summed E-state index contributed by atoms with van der Waals surface area (Å²) in [6, 6.07) is 11.7. The van der Waals surface area contributed by atoms with E-state index in [0.717, 1.165) is 0 Å². The number of benzene rings is 2. The molecule has 0 saturated carbocycles. The van der Waals surface area contributed by atoms with Gasteiger partial charge in [0.1, 0.15) is 0 Å². The fourth-order valence-electron chi connectivity index (χ4n) is 3.97. The minimum Gasteiger partial charge on any atom is -0.423 e. The fourth-order valence-corrected chi connectivity index (χ4v) is 4.56. The van der Waals surface area contributed by atoms with Crippen LogP contribution < -0.4 is 24.6 Å². The molecule has 10 nitrogen and oxygen atoms in total. The highest BCUT2D eigenvalue weighted by molar-refractivity contribution is 7.99. The second-order valence-corrected chi connectivity index (χ2v) is 8.91. The van der Waals surface area contributed by atoms with Gasteiger partial charge in [0.2, 0.25) is 11.1 Å². The molecule has 0 fully saturated rings. The van der Waals surface area contributed by atoms with E-state index in [9.17, 15) is 19.2 Å². The van der Waals surface area contributed by atoms with Crippen molar-refractivity contribution in [1.82, 2.24) is 10.1 Å². The van der Waals surface area contributed by atoms with Crippen molar-refractivity contribution >= 4 is 35.3 Å². The highest BCUT2D eigenvalue weighted by Gasteiger charge is 2.45. The molecular formula is C24H23N4O6S+. The van der Waals surface area contributed by atoms with Crippen LogP contribution >= 0.6 is 11.8 Å². The van der Waals surface area contributed by atoms with Gasteiger partial charge in [0.15, 0.2) is 11.5 Å². The number of ether oxygens (including phenoxy) is 2. The van der Waals surface area contributed by atoms with Crippen molar-refractivity contribution in [3.8, 4) is 22.8 Å². The number of thioether (sulfide) groups is 1. The van der Waals surface area contributed by atoms with E-state index >= 15 is 0 Å². The summed E-state index contributed by atoms with van der Waals surface area (Å²) < 4.78 is 12.0. The Hall–Kier alpha value is -3.99. The summed E-state index contributed by atoms with van der Waals surface area (Å²) in [6.07, 6.45) is -0.878. The number of aromatic nitrogens is 3. The summed E-state index contributed by atoms with van der Waals surface area (Å²) in [7, 11) is 0. The first-order valence-corrected chi connectivity index (χ1v) is 11.8. The molecule has 0 unspecified atom stereocenters. The number of para-hydroxylation sites is 1. The number of anilines is 1. The van der Waals surface area contributed by atoms with Crippen LogP contribution in [-0.2, 0) is 14.4 Å². The largest absolute Gasteiger partial charge is 0.423 e. The molecule has 1 aromatic heterocycles. The van der Waals surface area contributed by atoms with Crippen LogP contribution in [0.15, 0.2) is 52.4 Å². The molecule has 0 aliphatic carbocycles. The van der Waals surface area contributed by atoms with Crippen LogP contribution in [0, 0.1) is 0 Å². The molecule has 0 radical (unpaired) electrons. The van der Waals surface area contributed by atoms with Gasteiger partial charge in [0, 0.05) is 31.4 Å². The van der Waals surface area contributed by atoms with Gasteiger partial charge in [0.25, 0.3) is 6.17 Å². The first-order valence-electron chi connectivity index (χ1n) is 10.8. The zero-order valence-corrected chi connectivity index (χ0v) is 20.3. The van der Waals surface area contributed by atoms with Crippen LogP contribution in [0.25, 0.3) is 11.3 Å². The number of hydrogen-bond acceptors (Lipinski definition) is 8. The lowest BCUT2D eigenvalue weighted by molar-refractivity contribution is -0.763. The molecule has 11 heteroatoms. The number of nitrogens with one attached hydrogen (secondary N) is 1. The number of hydrogen-bond donors (Lipinski definition) is 1. The Bertz CT molecular complexity index is 1400. The summed E-state index contributed by atoms with van der Waals surface area (Å²) in [6.45, 7) is 5.81. The van der Waals surface area contributed by atoms with E-state index in [4.69, 9.17) is 9.47 Å². The van der Waals surface area contributed by atoms with Gasteiger partial charge in [-0.05, 0) is 40.8 Å². The Balaban J connectivity index is 2.01. The van der Waals surface area contributed by atoms with E-state index in [-0.39, 0.29) is 28.7 Å². The minimum atomic E-state index is -0.878. The minimum absolute atomic E-state index is 0.00251. The molecule has 0 spiro atoms. The molecule has 1 aliphatic rings. The molecule has 1 N–H and O–H groups in total. The summed E-state index contributed by atoms with van der Waals surface area (Å²) in [5.41, 5.74) is 1.50. The molecule has 4 rings (SSSR count). The number of fused-ring (bicyclic) bond motifs is 3. The van der Waals surface area contributed by atoms with E-state index in [2.05, 4.69) is 10.1 Å². The average Bonchev–Trinajstić information content (AvgIpc) is 2.78. The quantitative estimate of drug-likeness (QED) is 0.248. The third-order valence-electron chi connectivity index (χ3n) is 5.15. The maximum absolute atomic E-state index is 13.2. The predicted octanol–water partition coefficient (Wildman–Crippen LogP) is 2.60. The van der Waals surface area contributed by atoms with E-state index in [1.54, 1.807) is 30.3 Å². The lowest BCUT2D eigenvalue weighted by Crippen LogP contribution is -2.60. The number of nitrogens with zero attached hydrogens (tertiary/aromatic N) is 3. The number of H-pyrrole nitrogens is 1. The summed E-state index contributed by atoms with van der Waals surface area (Å²) in [5.74, 6) is -0.760. The van der Waals surface area contributed by atoms with Crippen molar-refractivity contribution in [2.45, 2.75) is 39.0 Å². The number of carbonyl (C=O) groups excluding carboxylic acids is 3. The Kier molecular flexibility index (Phi) is 6.70. The van der Waals surface area contributed by atoms with Crippen LogP contribution in [-0.4, -0.2) is 33.7 Å². The van der Waals surface area contributed by atoms with Crippen molar-refractivity contribution in [2.75, 3.05) is 10.7 Å². The molecule has 3 aromatic rings. The van der Waals surface area contributed by atoms with Gasteiger partial charge in [-0.15, -0.1) is 0 Å². The number of carbonyl (C=O) groups is 3. The van der Waals surface area contributed by atoms with Crippen molar-refractivity contribution < 1.29 is 28.5 Å². The normalized spacial score (nSPS) is 14.1. The number of rotatable bonds is 5. The fraction of sp³-hybridized carbons (Fsp3) is 0.250. The van der Waals surface area contributed by atoms with Gasteiger partial charge in [-0.1, -0.05) is 30.8 Å². The number of amides is 1. The van der Waals surface area contributed by atoms with Gasteiger partial charge in [0.05, 0.1) is 11.3 Å². The SMILES string of the molecule is CCSc1n[n+]2c(c(=O)[nH]1)-c1ccccc1N(C(C)=O)[C@H]2c1ccc(OC(C)=O)c(OC(C)=O)c1. The zero-order chi connectivity index (χ0) is 25.3. The highest BCUT2D eigenvalue weighted by Crippen LogP contribution is 2.39. The van der Waals surface area contributed by atoms with Crippen LogP contribution in [0.1, 0.15) is 39.4 Å². The maximum Gasteiger partial charge on any atom is 0.325 e. The van der Waals surface area contributed by atoms with Crippen molar-refractivity contribution in [3.05, 3.63) is 58.4 Å². The van der Waals surface area contributed by atoms with Gasteiger partial charge in [-0.25, -0.2) is 4.90 Å². The van der Waals surface area contributed by atoms with Crippen molar-refractivity contribution in [3.63, 3.8) is 0 Å². The lowest BCUT2D eigenvalue weighted by Gasteiger charge is -2.31. The molecule has 2 heterocycles. The topological polar surface area (TPSA) is 123 Å². The predicted molar refractivity (Wildman–Crippen MR) is 127 cm³/mol. The first-order chi connectivity index (χ1) is 16.7. The molecule has 0 saturated heterocycles. The van der Waals surface area contributed by atoms with Gasteiger partial charge in [-0.3, -0.25) is 24.2 Å². The third kappa shape index (κ3) is 4.67. The Morgan fingerprint density at radius 1 is 1.06 bits per heavy atom. The van der Waals surface area contributed by atoms with Crippen LogP contribution in [0.2, 0.25) is 0 Å². The second-order valence-electron chi connectivity index (χ2n) is 7.66. The first kappa shape index (κ1) is 24.1. The smallest absolute Gasteiger partial charge is 0.325 e. The molecule has 2 aromatic carbocycles. The van der Waals surface area contributed by atoms with Crippen LogP contribution in [0.4, 0.5) is 5.69 Å². The highest BCUT2D eigenvalue weighted by atomic mass is 32.2. The Labute approximate surface area is 204 Å². The third-order valence-corrected chi connectivity index (χ3v) is 5.90. The van der Waals surface area contributed by atoms with Crippen molar-refractivity contribution in [1.29, 1.82) is 0 Å². The zero-order valence-electron chi connectivity index (χ0n) is 19.5. The number of esters is 2. The molecule has 1 atom stereocenters. The maximum atomic E-state index is 13.2. The van der Waals surface area contributed by atoms with Gasteiger partial charge in [-0.2, -0.15) is 0 Å². The monoisotopic (exact) mass is 495 g/mol. The summed E-state index contributed by atoms with van der Waals surface area (Å²) >= 11 is 1.35. The Morgan fingerprint density at radius 3 is 2.40 bits per heavy atom. The number of aromatic amines is 1. The van der Waals surface area contributed by atoms with Crippen LogP contribution in [0.5, 0.6) is 11.5 Å². The molecule has 1 aliphatic heterocycles. The van der Waals surface area contributed by atoms with Gasteiger partial charge < -0.3 is 9.47 Å². The Morgan fingerprint density at radius 2 is 1.74 bits per heavy atom. The molecule has 180 valence electrons. The summed E-state index contributed by atoms with van der Waals surface area (Å²) in [4.78, 5) is 53.8. The second kappa shape index (κ2) is 9.71. The van der Waals surface area contributed by atoms with Gasteiger partial charge >= 0.3 is 23.2 Å². The van der Waals surface area contributed by atoms with E-state index < -0.39 is 18.1 Å². The van der Waals surface area contributed by atoms with Crippen molar-refractivity contribution in [2.24, 2.45) is 0 Å². The molecule has 35 heavy (non-hydrogen) atoms. The van der Waals surface area contributed by atoms with Crippen LogP contribution in [0.3, 0.4) is 0 Å². The average molecular weight is 496 g/mol. The van der Waals surface area contributed by atoms with E-state index in [1.165, 1.54) is 54.2 Å². The standard InChI is InChI=1S/C24H22N4O6S/c1-5-35-24-25-22(32)21-17-8-6-7-9-18(17)27(13(2)29)23(28(21)26-24)16-10-11-19(33-14(3)30)20(12-16)34-15(4)31/h6-12,23H,5H2,1-4H3/p+1/t23-/m1/s1. The molecular weight excluding hydrogens is 472 g/mol. The summed E-state index contributed by atoms with van der Waals surface area (Å²) in [5, 5.41) is 5.05. The van der Waals surface area contributed by atoms with E-state index in [1.807, 2.05) is 6.92 Å². The molecule has 0 bridgehead atoms. The van der Waals surface area contributed by atoms with E-state index in [0.29, 0.717) is 27.7 Å².